The van der Waals surface area contributed by atoms with E-state index in [1.165, 1.54) is 0 Å². The van der Waals surface area contributed by atoms with Crippen LogP contribution in [0.1, 0.15) is 6.42 Å². The molecule has 138 valence electrons. The van der Waals surface area contributed by atoms with Crippen molar-refractivity contribution in [2.45, 2.75) is 6.42 Å². The zero-order chi connectivity index (χ0) is 17.8. The number of aromatic nitrogens is 3. The first-order chi connectivity index (χ1) is 12.8. The summed E-state index contributed by atoms with van der Waals surface area (Å²) < 4.78 is 11.0. The van der Waals surface area contributed by atoms with Crippen molar-refractivity contribution >= 4 is 17.6 Å². The Balaban J connectivity index is 1.71. The molecule has 3 heterocycles. The Morgan fingerprint density at radius 2 is 1.31 bits per heavy atom. The molecule has 0 spiro atoms. The third kappa shape index (κ3) is 3.86. The number of benzene rings is 1. The predicted molar refractivity (Wildman–Crippen MR) is 100 cm³/mol. The van der Waals surface area contributed by atoms with Crippen LogP contribution in [-0.4, -0.2) is 67.6 Å². The SMILES string of the molecule is Nc1ccc(-c2nc(N3CCCOCC3)nc(N3CCOCC3)n2)cc1. The number of nitrogens with zero attached hydrogens (tertiary/aromatic N) is 5. The molecule has 2 fully saturated rings. The first-order valence-corrected chi connectivity index (χ1v) is 9.07. The van der Waals surface area contributed by atoms with Crippen LogP contribution in [0.4, 0.5) is 17.6 Å². The Labute approximate surface area is 153 Å². The molecule has 8 nitrogen and oxygen atoms in total. The van der Waals surface area contributed by atoms with Crippen LogP contribution in [0.15, 0.2) is 24.3 Å². The van der Waals surface area contributed by atoms with E-state index in [1.54, 1.807) is 0 Å². The van der Waals surface area contributed by atoms with Gasteiger partial charge in [-0.25, -0.2) is 0 Å². The number of nitrogens with two attached hydrogens (primary N) is 1. The highest BCUT2D eigenvalue weighted by atomic mass is 16.5. The van der Waals surface area contributed by atoms with Gasteiger partial charge in [0.2, 0.25) is 11.9 Å². The van der Waals surface area contributed by atoms with Crippen LogP contribution >= 0.6 is 0 Å². The van der Waals surface area contributed by atoms with Gasteiger partial charge in [-0.3, -0.25) is 0 Å². The first-order valence-electron chi connectivity index (χ1n) is 9.07. The zero-order valence-electron chi connectivity index (χ0n) is 14.8. The molecule has 0 atom stereocenters. The molecule has 0 aliphatic carbocycles. The Morgan fingerprint density at radius 1 is 0.731 bits per heavy atom. The predicted octanol–water partition coefficient (Wildman–Crippen LogP) is 1.18. The average molecular weight is 356 g/mol. The van der Waals surface area contributed by atoms with Crippen LogP contribution in [0.25, 0.3) is 11.4 Å². The van der Waals surface area contributed by atoms with Crippen LogP contribution in [-0.2, 0) is 9.47 Å². The molecule has 0 unspecified atom stereocenters. The van der Waals surface area contributed by atoms with Crippen molar-refractivity contribution in [2.75, 3.05) is 68.1 Å². The summed E-state index contributed by atoms with van der Waals surface area (Å²) >= 11 is 0. The average Bonchev–Trinajstić information content (AvgIpc) is 2.98. The van der Waals surface area contributed by atoms with E-state index in [0.29, 0.717) is 37.5 Å². The fourth-order valence-corrected chi connectivity index (χ4v) is 3.11. The first kappa shape index (κ1) is 17.0. The number of nitrogen functional groups attached to an aromatic ring is 1. The summed E-state index contributed by atoms with van der Waals surface area (Å²) in [5.74, 6) is 2.08. The third-order valence-electron chi connectivity index (χ3n) is 4.58. The molecule has 0 bridgehead atoms. The summed E-state index contributed by atoms with van der Waals surface area (Å²) in [6, 6.07) is 7.63. The lowest BCUT2D eigenvalue weighted by Gasteiger charge is -2.28. The summed E-state index contributed by atoms with van der Waals surface area (Å²) in [7, 11) is 0. The topological polar surface area (TPSA) is 89.6 Å². The number of rotatable bonds is 3. The standard InChI is InChI=1S/C18H24N6O2/c19-15-4-2-14(3-5-15)16-20-17(23-6-1-10-25-11-7-23)22-18(21-16)24-8-12-26-13-9-24/h2-5H,1,6-13,19H2. The van der Waals surface area contributed by atoms with Crippen molar-refractivity contribution < 1.29 is 9.47 Å². The highest BCUT2D eigenvalue weighted by Crippen LogP contribution is 2.23. The van der Waals surface area contributed by atoms with Crippen molar-refractivity contribution in [2.24, 2.45) is 0 Å². The molecule has 1 aromatic heterocycles. The van der Waals surface area contributed by atoms with Gasteiger partial charge in [-0.1, -0.05) is 0 Å². The highest BCUT2D eigenvalue weighted by molar-refractivity contribution is 5.61. The highest BCUT2D eigenvalue weighted by Gasteiger charge is 2.20. The summed E-state index contributed by atoms with van der Waals surface area (Å²) in [6.45, 7) is 6.09. The number of hydrogen-bond donors (Lipinski definition) is 1. The Kier molecular flexibility index (Phi) is 5.12. The van der Waals surface area contributed by atoms with Crippen LogP contribution in [0.3, 0.4) is 0 Å². The van der Waals surface area contributed by atoms with E-state index in [9.17, 15) is 0 Å². The molecule has 0 amide bonds. The van der Waals surface area contributed by atoms with Crippen LogP contribution < -0.4 is 15.5 Å². The normalized spacial score (nSPS) is 18.6. The molecular weight excluding hydrogens is 332 g/mol. The van der Waals surface area contributed by atoms with Crippen LogP contribution in [0, 0.1) is 0 Å². The monoisotopic (exact) mass is 356 g/mol. The van der Waals surface area contributed by atoms with E-state index in [4.69, 9.17) is 30.2 Å². The van der Waals surface area contributed by atoms with Gasteiger partial charge in [-0.2, -0.15) is 15.0 Å². The Morgan fingerprint density at radius 3 is 1.96 bits per heavy atom. The third-order valence-corrected chi connectivity index (χ3v) is 4.58. The maximum absolute atomic E-state index is 5.82. The molecule has 1 aromatic carbocycles. The van der Waals surface area contributed by atoms with Gasteiger partial charge in [0.05, 0.1) is 19.8 Å². The summed E-state index contributed by atoms with van der Waals surface area (Å²) in [5.41, 5.74) is 7.48. The van der Waals surface area contributed by atoms with E-state index in [0.717, 1.165) is 50.5 Å². The second kappa shape index (κ2) is 7.84. The minimum absolute atomic E-state index is 0.668. The van der Waals surface area contributed by atoms with Gasteiger partial charge < -0.3 is 25.0 Å². The van der Waals surface area contributed by atoms with Gasteiger partial charge in [-0.05, 0) is 30.7 Å². The van der Waals surface area contributed by atoms with Gasteiger partial charge in [0.25, 0.3) is 0 Å². The molecule has 26 heavy (non-hydrogen) atoms. The number of anilines is 3. The molecule has 0 saturated carbocycles. The van der Waals surface area contributed by atoms with Gasteiger partial charge in [-0.15, -0.1) is 0 Å². The van der Waals surface area contributed by atoms with Crippen molar-refractivity contribution in [1.29, 1.82) is 0 Å². The van der Waals surface area contributed by atoms with Gasteiger partial charge >= 0.3 is 0 Å². The van der Waals surface area contributed by atoms with E-state index in [-0.39, 0.29) is 0 Å². The molecule has 2 N–H and O–H groups in total. The molecule has 8 heteroatoms. The fraction of sp³-hybridized carbons (Fsp3) is 0.500. The zero-order valence-corrected chi connectivity index (χ0v) is 14.8. The van der Waals surface area contributed by atoms with E-state index < -0.39 is 0 Å². The lowest BCUT2D eigenvalue weighted by atomic mass is 10.2. The fourth-order valence-electron chi connectivity index (χ4n) is 3.11. The summed E-state index contributed by atoms with van der Waals surface area (Å²) in [6.07, 6.45) is 0.968. The van der Waals surface area contributed by atoms with Crippen molar-refractivity contribution in [3.8, 4) is 11.4 Å². The maximum Gasteiger partial charge on any atom is 0.230 e. The molecule has 2 aliphatic heterocycles. The van der Waals surface area contributed by atoms with E-state index in [1.807, 2.05) is 24.3 Å². The lowest BCUT2D eigenvalue weighted by molar-refractivity contribution is 0.122. The molecule has 2 aromatic rings. The largest absolute Gasteiger partial charge is 0.399 e. The van der Waals surface area contributed by atoms with E-state index in [2.05, 4.69) is 9.80 Å². The molecule has 0 radical (unpaired) electrons. The van der Waals surface area contributed by atoms with E-state index >= 15 is 0 Å². The summed E-state index contributed by atoms with van der Waals surface area (Å²) in [5, 5.41) is 0. The molecular formula is C18H24N6O2. The number of hydrogen-bond acceptors (Lipinski definition) is 8. The second-order valence-corrected chi connectivity index (χ2v) is 6.43. The molecule has 2 aliphatic rings. The van der Waals surface area contributed by atoms with Crippen molar-refractivity contribution in [1.82, 2.24) is 15.0 Å². The van der Waals surface area contributed by atoms with Crippen LogP contribution in [0.5, 0.6) is 0 Å². The van der Waals surface area contributed by atoms with Gasteiger partial charge in [0.15, 0.2) is 5.82 Å². The maximum atomic E-state index is 5.82. The quantitative estimate of drug-likeness (QED) is 0.820. The lowest BCUT2D eigenvalue weighted by Crippen LogP contribution is -2.38. The van der Waals surface area contributed by atoms with Crippen molar-refractivity contribution in [3.63, 3.8) is 0 Å². The second-order valence-electron chi connectivity index (χ2n) is 6.43. The minimum atomic E-state index is 0.668. The minimum Gasteiger partial charge on any atom is -0.399 e. The molecule has 4 rings (SSSR count). The van der Waals surface area contributed by atoms with Gasteiger partial charge in [0.1, 0.15) is 0 Å². The number of morpholine rings is 1. The van der Waals surface area contributed by atoms with Gasteiger partial charge in [0, 0.05) is 44.0 Å². The Hall–Kier alpha value is -2.45. The van der Waals surface area contributed by atoms with Crippen LogP contribution in [0.2, 0.25) is 0 Å². The number of ether oxygens (including phenoxy) is 2. The Bertz CT molecular complexity index is 725. The van der Waals surface area contributed by atoms with Crippen molar-refractivity contribution in [3.05, 3.63) is 24.3 Å². The molecule has 2 saturated heterocycles. The smallest absolute Gasteiger partial charge is 0.230 e. The summed E-state index contributed by atoms with van der Waals surface area (Å²) in [4.78, 5) is 18.6.